The molecule has 4 aromatic heterocycles. The third kappa shape index (κ3) is 4.01. The molecule has 5 aromatic rings. The summed E-state index contributed by atoms with van der Waals surface area (Å²) in [5, 5.41) is 12.4. The molecule has 0 bridgehead atoms. The molecule has 0 saturated carbocycles. The minimum absolute atomic E-state index is 0.100. The average Bonchev–Trinajstić information content (AvgIpc) is 3.69. The summed E-state index contributed by atoms with van der Waals surface area (Å²) in [5.74, 6) is 0.930. The number of fused-ring (bicyclic) bond motifs is 4. The summed E-state index contributed by atoms with van der Waals surface area (Å²) in [6.45, 7) is 4.43. The van der Waals surface area contributed by atoms with Crippen LogP contribution >= 0.6 is 11.6 Å². The molecule has 13 heteroatoms. The quantitative estimate of drug-likeness (QED) is 0.320. The second kappa shape index (κ2) is 9.43. The van der Waals surface area contributed by atoms with Crippen LogP contribution in [0.3, 0.4) is 0 Å². The summed E-state index contributed by atoms with van der Waals surface area (Å²) in [5.41, 5.74) is 3.45. The third-order valence-electron chi connectivity index (χ3n) is 7.77. The third-order valence-corrected chi connectivity index (χ3v) is 10.1. The van der Waals surface area contributed by atoms with Gasteiger partial charge in [0, 0.05) is 43.5 Å². The number of halogens is 2. The fourth-order valence-corrected chi connectivity index (χ4v) is 8.05. The van der Waals surface area contributed by atoms with E-state index in [1.54, 1.807) is 10.7 Å². The van der Waals surface area contributed by atoms with Crippen molar-refractivity contribution in [2.45, 2.75) is 11.8 Å². The topological polar surface area (TPSA) is 109 Å². The number of nitrogens with one attached hydrogen (secondary N) is 1. The van der Waals surface area contributed by atoms with Crippen molar-refractivity contribution in [3.63, 3.8) is 0 Å². The van der Waals surface area contributed by atoms with Gasteiger partial charge in [0.1, 0.15) is 22.3 Å². The largest absolute Gasteiger partial charge is 0.492 e. The normalized spacial score (nSPS) is 19.6. The zero-order valence-electron chi connectivity index (χ0n) is 21.5. The van der Waals surface area contributed by atoms with E-state index in [0.29, 0.717) is 44.2 Å². The first-order chi connectivity index (χ1) is 19.3. The Morgan fingerprint density at radius 2 is 1.93 bits per heavy atom. The first kappa shape index (κ1) is 25.2. The Bertz CT molecular complexity index is 1820. The lowest BCUT2D eigenvalue weighted by Gasteiger charge is -2.23. The van der Waals surface area contributed by atoms with Gasteiger partial charge in [-0.15, -0.1) is 5.10 Å². The molecular formula is C27H25ClFN7O3S. The van der Waals surface area contributed by atoms with Gasteiger partial charge in [0.15, 0.2) is 5.65 Å². The molecule has 1 aromatic carbocycles. The Morgan fingerprint density at radius 3 is 2.62 bits per heavy atom. The van der Waals surface area contributed by atoms with Crippen LogP contribution in [0, 0.1) is 17.7 Å². The van der Waals surface area contributed by atoms with Crippen molar-refractivity contribution in [1.82, 2.24) is 29.1 Å². The lowest BCUT2D eigenvalue weighted by molar-refractivity contribution is 0.338. The summed E-state index contributed by atoms with van der Waals surface area (Å²) < 4.78 is 49.7. The van der Waals surface area contributed by atoms with Crippen LogP contribution in [0.25, 0.3) is 27.7 Å². The van der Waals surface area contributed by atoms with E-state index in [1.807, 2.05) is 37.5 Å². The fraction of sp³-hybridized carbons (Fsp3) is 0.296. The van der Waals surface area contributed by atoms with Crippen LogP contribution in [-0.2, 0) is 10.0 Å². The molecule has 206 valence electrons. The molecule has 2 saturated heterocycles. The molecular weight excluding hydrogens is 557 g/mol. The molecule has 2 aliphatic heterocycles. The zero-order chi connectivity index (χ0) is 27.6. The van der Waals surface area contributed by atoms with Crippen LogP contribution in [-0.4, -0.2) is 70.3 Å². The lowest BCUT2D eigenvalue weighted by Crippen LogP contribution is -2.34. The van der Waals surface area contributed by atoms with E-state index in [4.69, 9.17) is 21.3 Å². The average molecular weight is 582 g/mol. The van der Waals surface area contributed by atoms with E-state index in [-0.39, 0.29) is 16.9 Å². The van der Waals surface area contributed by atoms with Gasteiger partial charge in [-0.1, -0.05) is 17.7 Å². The highest BCUT2D eigenvalue weighted by Gasteiger charge is 2.45. The number of H-pyrrole nitrogens is 1. The molecule has 2 fully saturated rings. The lowest BCUT2D eigenvalue weighted by atomic mass is 10.0. The highest BCUT2D eigenvalue weighted by molar-refractivity contribution is 7.89. The number of ether oxygens (including phenoxy) is 1. The number of hydrogen-bond donors (Lipinski definition) is 1. The number of hydrogen-bond acceptors (Lipinski definition) is 7. The van der Waals surface area contributed by atoms with Crippen LogP contribution in [0.5, 0.6) is 5.75 Å². The van der Waals surface area contributed by atoms with Crippen molar-refractivity contribution < 1.29 is 17.5 Å². The van der Waals surface area contributed by atoms with E-state index in [2.05, 4.69) is 20.2 Å². The van der Waals surface area contributed by atoms with Crippen LogP contribution in [0.15, 0.2) is 59.9 Å². The maximum Gasteiger partial charge on any atom is 0.247 e. The number of aromatic amines is 1. The molecule has 0 aliphatic carbocycles. The Balaban J connectivity index is 1.12. The molecule has 7 rings (SSSR count). The summed E-state index contributed by atoms with van der Waals surface area (Å²) in [4.78, 5) is 6.50. The second-order valence-corrected chi connectivity index (χ2v) is 12.4. The monoisotopic (exact) mass is 581 g/mol. The van der Waals surface area contributed by atoms with Gasteiger partial charge in [-0.2, -0.15) is 9.40 Å². The molecule has 6 heterocycles. The maximum absolute atomic E-state index is 14.4. The molecule has 1 N–H and O–H groups in total. The minimum atomic E-state index is -4.02. The molecule has 0 spiro atoms. The molecule has 0 unspecified atom stereocenters. The molecule has 0 radical (unpaired) electrons. The van der Waals surface area contributed by atoms with E-state index in [1.165, 1.54) is 16.4 Å². The minimum Gasteiger partial charge on any atom is -0.492 e. The Hall–Kier alpha value is -3.74. The van der Waals surface area contributed by atoms with E-state index >= 15 is 0 Å². The smallest absolute Gasteiger partial charge is 0.247 e. The SMILES string of the molecule is CCOc1cc(-c2ccc(N3C[C@@H]4CN(S(=O)(=O)c5c(F)cccc5Cl)C[C@@H]4C3)nc2)c2c3cn[nH]c3nn2c1. The summed E-state index contributed by atoms with van der Waals surface area (Å²) in [6.07, 6.45) is 5.45. The van der Waals surface area contributed by atoms with Gasteiger partial charge in [-0.05, 0) is 49.1 Å². The Kier molecular flexibility index (Phi) is 5.95. The van der Waals surface area contributed by atoms with Crippen molar-refractivity contribution >= 4 is 44.0 Å². The number of pyridine rings is 2. The first-order valence-corrected chi connectivity index (χ1v) is 14.8. The van der Waals surface area contributed by atoms with Crippen molar-refractivity contribution in [3.05, 3.63) is 65.8 Å². The molecule has 0 amide bonds. The molecule has 40 heavy (non-hydrogen) atoms. The fourth-order valence-electron chi connectivity index (χ4n) is 5.93. The van der Waals surface area contributed by atoms with Crippen LogP contribution in [0.4, 0.5) is 10.2 Å². The van der Waals surface area contributed by atoms with Crippen LogP contribution in [0.1, 0.15) is 6.92 Å². The van der Waals surface area contributed by atoms with Gasteiger partial charge in [0.25, 0.3) is 0 Å². The van der Waals surface area contributed by atoms with E-state index in [9.17, 15) is 12.8 Å². The highest BCUT2D eigenvalue weighted by Crippen LogP contribution is 2.38. The van der Waals surface area contributed by atoms with Gasteiger partial charge in [0.05, 0.1) is 34.9 Å². The van der Waals surface area contributed by atoms with Gasteiger partial charge in [0.2, 0.25) is 10.0 Å². The van der Waals surface area contributed by atoms with Crippen molar-refractivity contribution in [3.8, 4) is 16.9 Å². The number of rotatable bonds is 6. The van der Waals surface area contributed by atoms with Crippen molar-refractivity contribution in [2.75, 3.05) is 37.7 Å². The number of aromatic nitrogens is 5. The predicted octanol–water partition coefficient (Wildman–Crippen LogP) is 4.22. The molecule has 2 aliphatic rings. The summed E-state index contributed by atoms with van der Waals surface area (Å²) in [7, 11) is -4.02. The van der Waals surface area contributed by atoms with Crippen molar-refractivity contribution in [1.29, 1.82) is 0 Å². The Labute approximate surface area is 234 Å². The number of anilines is 1. The highest BCUT2D eigenvalue weighted by atomic mass is 35.5. The van der Waals surface area contributed by atoms with Gasteiger partial charge >= 0.3 is 0 Å². The van der Waals surface area contributed by atoms with E-state index < -0.39 is 20.7 Å². The first-order valence-electron chi connectivity index (χ1n) is 13.0. The summed E-state index contributed by atoms with van der Waals surface area (Å²) >= 11 is 6.07. The zero-order valence-corrected chi connectivity index (χ0v) is 23.0. The van der Waals surface area contributed by atoms with Gasteiger partial charge in [-0.3, -0.25) is 5.10 Å². The second-order valence-electron chi connectivity index (χ2n) is 10.2. The molecule has 2 atom stereocenters. The van der Waals surface area contributed by atoms with Crippen molar-refractivity contribution in [2.24, 2.45) is 11.8 Å². The van der Waals surface area contributed by atoms with Crippen LogP contribution < -0.4 is 9.64 Å². The molecule has 10 nitrogen and oxygen atoms in total. The van der Waals surface area contributed by atoms with Gasteiger partial charge < -0.3 is 9.64 Å². The maximum atomic E-state index is 14.4. The predicted molar refractivity (Wildman–Crippen MR) is 149 cm³/mol. The number of benzene rings is 1. The van der Waals surface area contributed by atoms with Gasteiger partial charge in [-0.25, -0.2) is 22.3 Å². The Morgan fingerprint density at radius 1 is 1.12 bits per heavy atom. The summed E-state index contributed by atoms with van der Waals surface area (Å²) in [6, 6.07) is 9.91. The number of nitrogens with zero attached hydrogens (tertiary/aromatic N) is 6. The standard InChI is InChI=1S/C27H25ClFN7O3S/c1-2-39-19-8-20(25-21-10-31-32-27(21)33-36(25)15-19)16-6-7-24(30-9-16)34-11-17-13-35(14-18(17)12-34)40(37,38)26-22(28)4-3-5-23(26)29/h3-10,15,17-18H,2,11-14H2,1H3,(H,32,33)/t17-,18+. The van der Waals surface area contributed by atoms with E-state index in [0.717, 1.165) is 33.9 Å². The van der Waals surface area contributed by atoms with Crippen LogP contribution in [0.2, 0.25) is 5.02 Å². The number of sulfonamides is 1.